The fourth-order valence-electron chi connectivity index (χ4n) is 5.13. The molecular weight excluding hydrogens is 320 g/mol. The molecule has 1 heterocycles. The van der Waals surface area contributed by atoms with Gasteiger partial charge in [-0.3, -0.25) is 9.59 Å². The van der Waals surface area contributed by atoms with Gasteiger partial charge in [0, 0.05) is 11.3 Å². The number of carbonyl (C=O) groups excluding carboxylic acids is 2. The first kappa shape index (κ1) is 16.1. The van der Waals surface area contributed by atoms with Crippen molar-refractivity contribution >= 4 is 28.2 Å². The van der Waals surface area contributed by atoms with Crippen LogP contribution in [0.2, 0.25) is 0 Å². The molecule has 2 amide bonds. The Labute approximate surface area is 147 Å². The van der Waals surface area contributed by atoms with E-state index in [0.29, 0.717) is 22.9 Å². The summed E-state index contributed by atoms with van der Waals surface area (Å²) in [7, 11) is 0. The van der Waals surface area contributed by atoms with E-state index >= 15 is 0 Å². The van der Waals surface area contributed by atoms with E-state index in [4.69, 9.17) is 5.73 Å². The number of nitrogens with one attached hydrogen (secondary N) is 1. The molecule has 0 radical (unpaired) electrons. The van der Waals surface area contributed by atoms with Gasteiger partial charge in [-0.15, -0.1) is 11.3 Å². The molecule has 3 unspecified atom stereocenters. The third-order valence-corrected chi connectivity index (χ3v) is 7.46. The molecule has 3 N–H and O–H groups in total. The highest BCUT2D eigenvalue weighted by Gasteiger charge is 2.40. The molecule has 3 atom stereocenters. The predicted octanol–water partition coefficient (Wildman–Crippen LogP) is 3.88. The standard InChI is InChI=1S/C19H26N2O2S/c20-18(23)17-14-4-2-1-3-5-15(14)24-19(17)21-16(22)10-13-9-11-6-7-12(13)8-11/h11-13H,1-10H2,(H2,20,23)(H,21,22). The maximum Gasteiger partial charge on any atom is 0.251 e. The van der Waals surface area contributed by atoms with Crippen LogP contribution in [0.4, 0.5) is 5.00 Å². The van der Waals surface area contributed by atoms with Crippen LogP contribution in [0.5, 0.6) is 0 Å². The lowest BCUT2D eigenvalue weighted by molar-refractivity contribution is -0.117. The molecule has 2 bridgehead atoms. The third kappa shape index (κ3) is 2.99. The molecule has 130 valence electrons. The number of primary amides is 1. The summed E-state index contributed by atoms with van der Waals surface area (Å²) in [6.45, 7) is 0. The molecule has 4 nitrogen and oxygen atoms in total. The second-order valence-electron chi connectivity index (χ2n) is 7.82. The smallest absolute Gasteiger partial charge is 0.251 e. The van der Waals surface area contributed by atoms with Crippen molar-refractivity contribution in [1.82, 2.24) is 0 Å². The zero-order chi connectivity index (χ0) is 16.7. The van der Waals surface area contributed by atoms with E-state index < -0.39 is 5.91 Å². The second-order valence-corrected chi connectivity index (χ2v) is 8.93. The van der Waals surface area contributed by atoms with Crippen molar-refractivity contribution in [2.75, 3.05) is 5.32 Å². The molecular formula is C19H26N2O2S. The molecule has 2 saturated carbocycles. The Morgan fingerprint density at radius 3 is 2.67 bits per heavy atom. The Morgan fingerprint density at radius 2 is 1.96 bits per heavy atom. The van der Waals surface area contributed by atoms with Gasteiger partial charge in [0.05, 0.1) is 5.56 Å². The van der Waals surface area contributed by atoms with Crippen LogP contribution >= 0.6 is 11.3 Å². The summed E-state index contributed by atoms with van der Waals surface area (Å²) in [6.07, 6.45) is 11.1. The lowest BCUT2D eigenvalue weighted by atomic mass is 9.86. The van der Waals surface area contributed by atoms with Gasteiger partial charge < -0.3 is 11.1 Å². The average molecular weight is 346 g/mol. The summed E-state index contributed by atoms with van der Waals surface area (Å²) in [5.41, 5.74) is 7.32. The molecule has 5 heteroatoms. The minimum absolute atomic E-state index is 0.0615. The number of rotatable bonds is 4. The molecule has 24 heavy (non-hydrogen) atoms. The van der Waals surface area contributed by atoms with Gasteiger partial charge in [-0.05, 0) is 68.3 Å². The summed E-state index contributed by atoms with van der Waals surface area (Å²) in [5.74, 6) is 1.80. The third-order valence-electron chi connectivity index (χ3n) is 6.25. The summed E-state index contributed by atoms with van der Waals surface area (Å²) >= 11 is 1.57. The molecule has 0 aliphatic heterocycles. The Balaban J connectivity index is 1.49. The van der Waals surface area contributed by atoms with Crippen LogP contribution in [0, 0.1) is 17.8 Å². The highest BCUT2D eigenvalue weighted by Crippen LogP contribution is 2.49. The first-order valence-corrected chi connectivity index (χ1v) is 10.2. The number of anilines is 1. The number of nitrogens with two attached hydrogens (primary N) is 1. The molecule has 1 aromatic rings. The molecule has 2 fully saturated rings. The Kier molecular flexibility index (Phi) is 4.37. The zero-order valence-corrected chi connectivity index (χ0v) is 14.9. The fourth-order valence-corrected chi connectivity index (χ4v) is 6.44. The van der Waals surface area contributed by atoms with Gasteiger partial charge in [0.2, 0.25) is 5.91 Å². The average Bonchev–Trinajstić information content (AvgIpc) is 3.18. The number of hydrogen-bond acceptors (Lipinski definition) is 3. The van der Waals surface area contributed by atoms with Gasteiger partial charge in [-0.2, -0.15) is 0 Å². The molecule has 1 aromatic heterocycles. The molecule has 0 aromatic carbocycles. The van der Waals surface area contributed by atoms with Crippen molar-refractivity contribution in [1.29, 1.82) is 0 Å². The maximum atomic E-state index is 12.5. The lowest BCUT2D eigenvalue weighted by Crippen LogP contribution is -2.22. The molecule has 0 saturated heterocycles. The van der Waals surface area contributed by atoms with Crippen molar-refractivity contribution in [2.24, 2.45) is 23.5 Å². The summed E-state index contributed by atoms with van der Waals surface area (Å²) < 4.78 is 0. The van der Waals surface area contributed by atoms with Gasteiger partial charge in [-0.1, -0.05) is 12.8 Å². The molecule has 4 rings (SSSR count). The van der Waals surface area contributed by atoms with Gasteiger partial charge in [0.1, 0.15) is 5.00 Å². The first-order chi connectivity index (χ1) is 11.6. The number of thiophene rings is 1. The highest BCUT2D eigenvalue weighted by atomic mass is 32.1. The quantitative estimate of drug-likeness (QED) is 0.812. The minimum Gasteiger partial charge on any atom is -0.365 e. The van der Waals surface area contributed by atoms with E-state index in [1.165, 1.54) is 37.0 Å². The van der Waals surface area contributed by atoms with Crippen molar-refractivity contribution in [3.05, 3.63) is 16.0 Å². The van der Waals surface area contributed by atoms with Gasteiger partial charge >= 0.3 is 0 Å². The van der Waals surface area contributed by atoms with Crippen LogP contribution in [-0.4, -0.2) is 11.8 Å². The molecule has 3 aliphatic rings. The summed E-state index contributed by atoms with van der Waals surface area (Å²) in [6, 6.07) is 0. The molecule has 0 spiro atoms. The summed E-state index contributed by atoms with van der Waals surface area (Å²) in [5, 5.41) is 3.73. The fraction of sp³-hybridized carbons (Fsp3) is 0.684. The first-order valence-electron chi connectivity index (χ1n) is 9.36. The maximum absolute atomic E-state index is 12.5. The minimum atomic E-state index is -0.398. The topological polar surface area (TPSA) is 72.2 Å². The molecule has 3 aliphatic carbocycles. The van der Waals surface area contributed by atoms with Crippen LogP contribution in [0.1, 0.15) is 72.2 Å². The Bertz CT molecular complexity index is 667. The monoisotopic (exact) mass is 346 g/mol. The van der Waals surface area contributed by atoms with E-state index in [1.807, 2.05) is 0 Å². The SMILES string of the molecule is NC(=O)c1c(NC(=O)CC2CC3CCC2C3)sc2c1CCCCC2. The van der Waals surface area contributed by atoms with E-state index in [1.54, 1.807) is 11.3 Å². The number of aryl methyl sites for hydroxylation is 1. The van der Waals surface area contributed by atoms with Crippen molar-refractivity contribution < 1.29 is 9.59 Å². The Morgan fingerprint density at radius 1 is 1.12 bits per heavy atom. The van der Waals surface area contributed by atoms with E-state index in [0.717, 1.165) is 43.1 Å². The van der Waals surface area contributed by atoms with Gasteiger partial charge in [-0.25, -0.2) is 0 Å². The second kappa shape index (κ2) is 6.51. The van der Waals surface area contributed by atoms with Crippen molar-refractivity contribution in [2.45, 2.75) is 64.2 Å². The van der Waals surface area contributed by atoms with Crippen LogP contribution in [0.3, 0.4) is 0 Å². The van der Waals surface area contributed by atoms with Crippen LogP contribution < -0.4 is 11.1 Å². The zero-order valence-electron chi connectivity index (χ0n) is 14.1. The van der Waals surface area contributed by atoms with Crippen molar-refractivity contribution in [3.8, 4) is 0 Å². The van der Waals surface area contributed by atoms with Gasteiger partial charge in [0.15, 0.2) is 0 Å². The van der Waals surface area contributed by atoms with Crippen LogP contribution in [-0.2, 0) is 17.6 Å². The number of amides is 2. The largest absolute Gasteiger partial charge is 0.365 e. The van der Waals surface area contributed by atoms with E-state index in [2.05, 4.69) is 5.32 Å². The van der Waals surface area contributed by atoms with E-state index in [9.17, 15) is 9.59 Å². The Hall–Kier alpha value is -1.36. The summed E-state index contributed by atoms with van der Waals surface area (Å²) in [4.78, 5) is 25.8. The number of carbonyl (C=O) groups is 2. The normalized spacial score (nSPS) is 28.4. The number of fused-ring (bicyclic) bond motifs is 3. The lowest BCUT2D eigenvalue weighted by Gasteiger charge is -2.20. The van der Waals surface area contributed by atoms with Crippen LogP contribution in [0.15, 0.2) is 0 Å². The van der Waals surface area contributed by atoms with Gasteiger partial charge in [0.25, 0.3) is 5.91 Å². The van der Waals surface area contributed by atoms with Crippen LogP contribution in [0.25, 0.3) is 0 Å². The highest BCUT2D eigenvalue weighted by molar-refractivity contribution is 7.17. The van der Waals surface area contributed by atoms with Crippen molar-refractivity contribution in [3.63, 3.8) is 0 Å². The van der Waals surface area contributed by atoms with E-state index in [-0.39, 0.29) is 5.91 Å². The predicted molar refractivity (Wildman–Crippen MR) is 96.3 cm³/mol. The number of hydrogen-bond donors (Lipinski definition) is 2.